The molecule has 9 nitrogen and oxygen atoms in total. The molecule has 0 aromatic carbocycles. The molecular formula is C20H16N6O3S2. The van der Waals surface area contributed by atoms with Gasteiger partial charge in [-0.05, 0) is 24.6 Å². The number of anilines is 2. The number of dihydropyridines is 1. The van der Waals surface area contributed by atoms with E-state index in [-0.39, 0.29) is 12.3 Å². The number of amides is 3. The molecule has 156 valence electrons. The van der Waals surface area contributed by atoms with Gasteiger partial charge in [-0.3, -0.25) is 19.4 Å². The highest BCUT2D eigenvalue weighted by molar-refractivity contribution is 7.14. The summed E-state index contributed by atoms with van der Waals surface area (Å²) >= 11 is 2.58. The summed E-state index contributed by atoms with van der Waals surface area (Å²) < 4.78 is 0. The Labute approximate surface area is 185 Å². The highest BCUT2D eigenvalue weighted by Gasteiger charge is 2.25. The van der Waals surface area contributed by atoms with Crippen molar-refractivity contribution in [2.24, 2.45) is 10.9 Å². The van der Waals surface area contributed by atoms with Crippen LogP contribution >= 0.6 is 22.7 Å². The molecule has 4 heterocycles. The van der Waals surface area contributed by atoms with Crippen LogP contribution in [0.5, 0.6) is 0 Å². The number of hydrogen-bond acceptors (Lipinski definition) is 8. The second kappa shape index (κ2) is 9.49. The predicted octanol–water partition coefficient (Wildman–Crippen LogP) is 2.95. The van der Waals surface area contributed by atoms with Crippen molar-refractivity contribution in [3.8, 4) is 11.3 Å². The van der Waals surface area contributed by atoms with Crippen LogP contribution in [0.3, 0.4) is 0 Å². The Morgan fingerprint density at radius 1 is 1.10 bits per heavy atom. The van der Waals surface area contributed by atoms with Gasteiger partial charge in [0.2, 0.25) is 11.8 Å². The van der Waals surface area contributed by atoms with Crippen molar-refractivity contribution in [1.29, 1.82) is 0 Å². The molecule has 1 aliphatic heterocycles. The van der Waals surface area contributed by atoms with Gasteiger partial charge in [-0.25, -0.2) is 15.0 Å². The molecule has 3 aromatic heterocycles. The molecule has 1 atom stereocenters. The maximum Gasteiger partial charge on any atom is 0.262 e. The van der Waals surface area contributed by atoms with Gasteiger partial charge in [-0.1, -0.05) is 6.08 Å². The summed E-state index contributed by atoms with van der Waals surface area (Å²) in [6.07, 6.45) is 8.43. The smallest absolute Gasteiger partial charge is 0.262 e. The van der Waals surface area contributed by atoms with Crippen LogP contribution in [0.4, 0.5) is 10.3 Å². The minimum Gasteiger partial charge on any atom is -0.302 e. The van der Waals surface area contributed by atoms with E-state index in [0.717, 1.165) is 11.3 Å². The van der Waals surface area contributed by atoms with Crippen LogP contribution in [0.1, 0.15) is 12.1 Å². The number of thiazole rings is 2. The van der Waals surface area contributed by atoms with Crippen molar-refractivity contribution in [2.75, 3.05) is 10.6 Å². The Hall–Kier alpha value is -3.57. The minimum atomic E-state index is -0.946. The third-order valence-corrected chi connectivity index (χ3v) is 5.80. The molecule has 0 fully saturated rings. The lowest BCUT2D eigenvalue weighted by Crippen LogP contribution is -2.28. The summed E-state index contributed by atoms with van der Waals surface area (Å²) in [5.74, 6) is -2.12. The lowest BCUT2D eigenvalue weighted by molar-refractivity contribution is -0.128. The van der Waals surface area contributed by atoms with Gasteiger partial charge in [-0.2, -0.15) is 0 Å². The zero-order valence-electron chi connectivity index (χ0n) is 16.0. The monoisotopic (exact) mass is 452 g/mol. The first kappa shape index (κ1) is 20.7. The highest BCUT2D eigenvalue weighted by atomic mass is 32.1. The number of carbonyl (C=O) groups excluding carboxylic acids is 3. The molecule has 3 amide bonds. The quantitative estimate of drug-likeness (QED) is 0.531. The van der Waals surface area contributed by atoms with Crippen LogP contribution in [0.15, 0.2) is 52.4 Å². The zero-order valence-corrected chi connectivity index (χ0v) is 17.7. The van der Waals surface area contributed by atoms with Gasteiger partial charge >= 0.3 is 0 Å². The Morgan fingerprint density at radius 3 is 2.74 bits per heavy atom. The predicted molar refractivity (Wildman–Crippen MR) is 119 cm³/mol. The van der Waals surface area contributed by atoms with Gasteiger partial charge in [0.25, 0.3) is 5.91 Å². The highest BCUT2D eigenvalue weighted by Crippen LogP contribution is 2.24. The third-order valence-electron chi connectivity index (χ3n) is 4.24. The lowest BCUT2D eigenvalue weighted by atomic mass is 10.1. The van der Waals surface area contributed by atoms with E-state index in [4.69, 9.17) is 0 Å². The summed E-state index contributed by atoms with van der Waals surface area (Å²) in [7, 11) is 0. The number of hydrogen-bond donors (Lipinski definition) is 2. The normalized spacial score (nSPS) is 15.1. The second-order valence-electron chi connectivity index (χ2n) is 6.44. The maximum atomic E-state index is 12.2. The largest absolute Gasteiger partial charge is 0.302 e. The van der Waals surface area contributed by atoms with E-state index in [2.05, 4.69) is 30.6 Å². The Bertz CT molecular complexity index is 1170. The van der Waals surface area contributed by atoms with Crippen molar-refractivity contribution in [1.82, 2.24) is 15.0 Å². The molecule has 1 unspecified atom stereocenters. The van der Waals surface area contributed by atoms with Gasteiger partial charge in [0, 0.05) is 41.4 Å². The summed E-state index contributed by atoms with van der Waals surface area (Å²) in [6, 6.07) is 3.73. The summed E-state index contributed by atoms with van der Waals surface area (Å²) in [4.78, 5) is 52.5. The molecule has 0 saturated heterocycles. The molecular weight excluding hydrogens is 436 g/mol. The van der Waals surface area contributed by atoms with Crippen molar-refractivity contribution >= 4 is 56.9 Å². The van der Waals surface area contributed by atoms with E-state index < -0.39 is 17.7 Å². The van der Waals surface area contributed by atoms with E-state index in [1.165, 1.54) is 35.0 Å². The second-order valence-corrected chi connectivity index (χ2v) is 8.16. The molecule has 0 saturated carbocycles. The van der Waals surface area contributed by atoms with E-state index in [1.54, 1.807) is 23.8 Å². The van der Waals surface area contributed by atoms with Crippen molar-refractivity contribution in [3.05, 3.63) is 53.1 Å². The topological polar surface area (TPSA) is 126 Å². The average Bonchev–Trinajstić information content (AvgIpc) is 3.43. The Morgan fingerprint density at radius 2 is 1.94 bits per heavy atom. The number of pyridine rings is 1. The first-order valence-corrected chi connectivity index (χ1v) is 11.0. The zero-order chi connectivity index (χ0) is 21.6. The van der Waals surface area contributed by atoms with E-state index in [0.29, 0.717) is 22.4 Å². The maximum absolute atomic E-state index is 12.2. The molecule has 1 aliphatic rings. The van der Waals surface area contributed by atoms with Crippen LogP contribution in [0.2, 0.25) is 0 Å². The van der Waals surface area contributed by atoms with Crippen LogP contribution in [-0.2, 0) is 20.8 Å². The molecule has 3 aromatic rings. The van der Waals surface area contributed by atoms with Crippen LogP contribution in [0, 0.1) is 5.92 Å². The molecule has 11 heteroatoms. The molecule has 2 N–H and O–H groups in total. The number of aryl methyl sites for hydroxylation is 1. The van der Waals surface area contributed by atoms with Crippen molar-refractivity contribution in [2.45, 2.75) is 12.8 Å². The third kappa shape index (κ3) is 5.32. The first-order chi connectivity index (χ1) is 15.1. The number of aliphatic imine (C=N–C) groups is 1. The van der Waals surface area contributed by atoms with Crippen LogP contribution in [-0.4, -0.2) is 38.9 Å². The number of allylic oxidation sites excluding steroid dienone is 1. The Balaban J connectivity index is 1.27. The average molecular weight is 453 g/mol. The minimum absolute atomic E-state index is 0.179. The number of nitrogens with zero attached hydrogens (tertiary/aromatic N) is 4. The van der Waals surface area contributed by atoms with Gasteiger partial charge in [-0.15, -0.1) is 22.7 Å². The SMILES string of the molecule is O=C(CCc1csc(NC(=O)C2C=CC=NC2=O)n1)Nc1nc(-c2cccnc2)cs1. The lowest BCUT2D eigenvalue weighted by Gasteiger charge is -2.09. The number of carbonyl (C=O) groups is 3. The molecule has 31 heavy (non-hydrogen) atoms. The van der Waals surface area contributed by atoms with E-state index in [1.807, 2.05) is 17.5 Å². The van der Waals surface area contributed by atoms with Crippen LogP contribution < -0.4 is 10.6 Å². The van der Waals surface area contributed by atoms with E-state index in [9.17, 15) is 14.4 Å². The van der Waals surface area contributed by atoms with E-state index >= 15 is 0 Å². The molecule has 0 bridgehead atoms. The number of nitrogens with one attached hydrogen (secondary N) is 2. The first-order valence-electron chi connectivity index (χ1n) is 9.24. The van der Waals surface area contributed by atoms with Gasteiger partial charge in [0.15, 0.2) is 10.3 Å². The number of aromatic nitrogens is 3. The molecule has 0 radical (unpaired) electrons. The fraction of sp³-hybridized carbons (Fsp3) is 0.150. The summed E-state index contributed by atoms with van der Waals surface area (Å²) in [5.41, 5.74) is 2.31. The Kier molecular flexibility index (Phi) is 6.34. The van der Waals surface area contributed by atoms with Gasteiger partial charge in [0.1, 0.15) is 5.92 Å². The summed E-state index contributed by atoms with van der Waals surface area (Å²) in [6.45, 7) is 0. The van der Waals surface area contributed by atoms with Crippen molar-refractivity contribution < 1.29 is 14.4 Å². The molecule has 0 spiro atoms. The molecule has 4 rings (SSSR count). The van der Waals surface area contributed by atoms with Gasteiger partial charge < -0.3 is 10.6 Å². The van der Waals surface area contributed by atoms with Crippen molar-refractivity contribution in [3.63, 3.8) is 0 Å². The van der Waals surface area contributed by atoms with Crippen LogP contribution in [0.25, 0.3) is 11.3 Å². The number of rotatable bonds is 7. The fourth-order valence-corrected chi connectivity index (χ4v) is 4.19. The summed E-state index contributed by atoms with van der Waals surface area (Å²) in [5, 5.41) is 9.92. The fourth-order valence-electron chi connectivity index (χ4n) is 2.70. The molecule has 0 aliphatic carbocycles. The standard InChI is InChI=1S/C20H16N6O3S2/c27-16(25-20-24-15(11-31-20)12-3-1-7-21-9-12)6-5-13-10-30-19(23-13)26-18(29)14-4-2-8-22-17(14)28/h1-4,7-11,14H,5-6H2,(H,23,26,29)(H,24,25,27). The van der Waals surface area contributed by atoms with Gasteiger partial charge in [0.05, 0.1) is 11.4 Å².